The van der Waals surface area contributed by atoms with E-state index in [1.165, 1.54) is 13.8 Å². The third kappa shape index (κ3) is 16.7. The SMILES string of the molecule is CN(C)c1cccc2c(S(=O)(=O)NCCCC[C@H](N)C(=O)SCCNC(=O)CCNC(=O)C(O)C(C)(C)COP(=O)(O)OP(=O)(O)OCC3OC(n4cnc5c(N)ncnc54)C(O)C3OP(=O)(O)O)cccc12. The van der Waals surface area contributed by atoms with E-state index in [9.17, 15) is 66.3 Å². The summed E-state index contributed by atoms with van der Waals surface area (Å²) in [5, 5.41) is 27.6. The van der Waals surface area contributed by atoms with Crippen molar-refractivity contribution in [3.05, 3.63) is 49.1 Å². The summed E-state index contributed by atoms with van der Waals surface area (Å²) in [5.74, 6) is -1.41. The highest BCUT2D eigenvalue weighted by Gasteiger charge is 2.50. The van der Waals surface area contributed by atoms with Gasteiger partial charge < -0.3 is 61.5 Å². The molecule has 1 aliphatic heterocycles. The fourth-order valence-corrected chi connectivity index (χ4v) is 12.0. The van der Waals surface area contributed by atoms with Gasteiger partial charge in [-0.25, -0.2) is 41.8 Å². The Kier molecular flexibility index (Phi) is 20.6. The molecule has 7 unspecified atom stereocenters. The first-order chi connectivity index (χ1) is 34.0. The number of sulfonamides is 1. The topological polar surface area (TPSA) is 439 Å². The number of hydrogen-bond donors (Lipinski definition) is 11. The molecule has 0 radical (unpaired) electrons. The van der Waals surface area contributed by atoms with Crippen LogP contribution in [0, 0.1) is 5.41 Å². The highest BCUT2D eigenvalue weighted by Crippen LogP contribution is 2.61. The maximum Gasteiger partial charge on any atom is 0.481 e. The van der Waals surface area contributed by atoms with Crippen LogP contribution in [0.4, 0.5) is 11.5 Å². The largest absolute Gasteiger partial charge is 0.481 e. The minimum absolute atomic E-state index is 0.0165. The van der Waals surface area contributed by atoms with Gasteiger partial charge in [0.25, 0.3) is 0 Å². The van der Waals surface area contributed by atoms with Gasteiger partial charge in [0.05, 0.1) is 30.5 Å². The normalized spacial score (nSPS) is 20.0. The highest BCUT2D eigenvalue weighted by molar-refractivity contribution is 8.13. The maximum atomic E-state index is 13.2. The number of thioether (sulfide) groups is 1. The molecular weight excluding hydrogens is 1070 g/mol. The first-order valence-electron chi connectivity index (χ1n) is 22.0. The Morgan fingerprint density at radius 2 is 1.64 bits per heavy atom. The van der Waals surface area contributed by atoms with Gasteiger partial charge in [0.1, 0.15) is 36.3 Å². The van der Waals surface area contributed by atoms with Crippen LogP contribution in [-0.4, -0.2) is 158 Å². The summed E-state index contributed by atoms with van der Waals surface area (Å²) in [6.07, 6.45) is -5.95. The van der Waals surface area contributed by atoms with E-state index in [2.05, 4.69) is 39.1 Å². The average molecular weight is 1130 g/mol. The number of carbonyl (C=O) groups is 3. The first-order valence-corrected chi connectivity index (χ1v) is 29.0. The van der Waals surface area contributed by atoms with Crippen LogP contribution in [0.2, 0.25) is 0 Å². The zero-order valence-corrected chi connectivity index (χ0v) is 44.0. The van der Waals surface area contributed by atoms with Crippen molar-refractivity contribution in [3.63, 3.8) is 0 Å². The fraction of sp³-hybridized carbons (Fsp3) is 0.538. The standard InChI is InChI=1S/C39H59N10O19P3S2/c1-39(2,20-65-71(60,61)68-70(58,59)64-19-27-32(67-69(55,56)57)31(51)37(66-27)49-22-46-30-34(41)44-21-45-35(30)49)33(52)36(53)43-16-14-29(50)42-17-18-72-38(54)25(40)11-5-6-15-47-73(62,63)28-13-8-9-23-24(28)10-7-12-26(23)48(3)4/h7-10,12-13,21-22,25,27,31-33,37,47,51-52H,5-6,11,14-20,40H2,1-4H3,(H,42,50)(H,43,53)(H,58,59)(H,60,61)(H2,41,44,45)(H2,55,56,57)/t25-,27?,31?,32?,33?,37?/m0/s1. The second kappa shape index (κ2) is 25.2. The molecule has 29 nitrogen and oxygen atoms in total. The number of phosphoric ester groups is 3. The third-order valence-electron chi connectivity index (χ3n) is 10.9. The van der Waals surface area contributed by atoms with Gasteiger partial charge in [-0.05, 0) is 25.0 Å². The van der Waals surface area contributed by atoms with E-state index in [0.717, 1.165) is 40.1 Å². The molecule has 2 aromatic carbocycles. The van der Waals surface area contributed by atoms with Gasteiger partial charge in [-0.3, -0.25) is 32.5 Å². The number of nitrogens with two attached hydrogens (primary N) is 2. The average Bonchev–Trinajstić information content (AvgIpc) is 3.87. The molecule has 0 bridgehead atoms. The number of carbonyl (C=O) groups excluding carboxylic acids is 3. The molecule has 0 aliphatic carbocycles. The van der Waals surface area contributed by atoms with E-state index < -0.39 is 101 Å². The van der Waals surface area contributed by atoms with Crippen molar-refractivity contribution in [2.75, 3.05) is 63.3 Å². The van der Waals surface area contributed by atoms with Crippen LogP contribution >= 0.6 is 35.2 Å². The van der Waals surface area contributed by atoms with Crippen molar-refractivity contribution in [1.82, 2.24) is 34.9 Å². The van der Waals surface area contributed by atoms with Crippen molar-refractivity contribution >= 4 is 95.6 Å². The molecule has 34 heteroatoms. The van der Waals surface area contributed by atoms with Crippen LogP contribution < -0.4 is 31.7 Å². The number of aliphatic hydroxyl groups is 2. The number of ether oxygens (including phenoxy) is 1. The highest BCUT2D eigenvalue weighted by atomic mass is 32.2. The van der Waals surface area contributed by atoms with Crippen LogP contribution in [0.25, 0.3) is 21.9 Å². The zero-order valence-electron chi connectivity index (χ0n) is 39.7. The van der Waals surface area contributed by atoms with Gasteiger partial charge in [0.2, 0.25) is 27.0 Å². The number of amides is 2. The molecule has 0 saturated carbocycles. The second-order valence-corrected chi connectivity index (χ2v) is 24.3. The van der Waals surface area contributed by atoms with Crippen LogP contribution in [0.1, 0.15) is 45.8 Å². The van der Waals surface area contributed by atoms with E-state index in [1.807, 2.05) is 31.1 Å². The third-order valence-corrected chi connectivity index (χ3v) is 16.5. The second-order valence-electron chi connectivity index (χ2n) is 17.3. The number of nitrogen functional groups attached to an aromatic ring is 1. The minimum Gasteiger partial charge on any atom is -0.386 e. The van der Waals surface area contributed by atoms with Gasteiger partial charge in [0, 0.05) is 67.8 Å². The molecule has 1 fully saturated rings. The Balaban J connectivity index is 0.967. The molecule has 1 aliphatic rings. The summed E-state index contributed by atoms with van der Waals surface area (Å²) in [6.45, 7) is 0.328. The van der Waals surface area contributed by atoms with Gasteiger partial charge in [-0.2, -0.15) is 4.31 Å². The lowest BCUT2D eigenvalue weighted by atomic mass is 9.87. The summed E-state index contributed by atoms with van der Waals surface area (Å²) in [4.78, 5) is 91.0. The molecule has 2 aromatic heterocycles. The molecule has 3 heterocycles. The van der Waals surface area contributed by atoms with Crippen molar-refractivity contribution in [1.29, 1.82) is 0 Å². The Morgan fingerprint density at radius 1 is 0.959 bits per heavy atom. The Bertz CT molecular complexity index is 2860. The number of fused-ring (bicyclic) bond motifs is 2. The number of aromatic nitrogens is 4. The summed E-state index contributed by atoms with van der Waals surface area (Å²) in [5.41, 5.74) is 11.1. The number of imidazole rings is 1. The van der Waals surface area contributed by atoms with Crippen LogP contribution in [0.5, 0.6) is 0 Å². The fourth-order valence-electron chi connectivity index (χ4n) is 7.17. The van der Waals surface area contributed by atoms with E-state index in [-0.39, 0.29) is 58.8 Å². The quantitative estimate of drug-likeness (QED) is 0.0270. The predicted molar refractivity (Wildman–Crippen MR) is 262 cm³/mol. The molecule has 13 N–H and O–H groups in total. The van der Waals surface area contributed by atoms with E-state index in [4.69, 9.17) is 25.3 Å². The molecule has 406 valence electrons. The molecule has 0 spiro atoms. The Morgan fingerprint density at radius 3 is 2.34 bits per heavy atom. The number of aliphatic hydroxyl groups excluding tert-OH is 2. The number of nitrogens with one attached hydrogen (secondary N) is 3. The van der Waals surface area contributed by atoms with Crippen molar-refractivity contribution < 1.29 is 88.9 Å². The number of nitrogens with zero attached hydrogens (tertiary/aromatic N) is 5. The lowest BCUT2D eigenvalue weighted by molar-refractivity contribution is -0.137. The van der Waals surface area contributed by atoms with Crippen molar-refractivity contribution in [3.8, 4) is 0 Å². The first kappa shape index (κ1) is 59.8. The number of unbranched alkanes of at least 4 members (excludes halogenated alkanes) is 1. The van der Waals surface area contributed by atoms with Gasteiger partial charge in [-0.15, -0.1) is 0 Å². The maximum absolute atomic E-state index is 13.2. The van der Waals surface area contributed by atoms with Crippen LogP contribution in [-0.2, 0) is 60.7 Å². The number of benzene rings is 2. The molecule has 5 rings (SSSR count). The number of phosphoric acid groups is 3. The van der Waals surface area contributed by atoms with Crippen molar-refractivity contribution in [2.24, 2.45) is 11.1 Å². The monoisotopic (exact) mass is 1130 g/mol. The molecular formula is C39H59N10O19P3S2. The van der Waals surface area contributed by atoms with Crippen LogP contribution in [0.15, 0.2) is 53.9 Å². The number of anilines is 2. The predicted octanol–water partition coefficient (Wildman–Crippen LogP) is 0.360. The van der Waals surface area contributed by atoms with Crippen LogP contribution in [0.3, 0.4) is 0 Å². The summed E-state index contributed by atoms with van der Waals surface area (Å²) in [7, 11) is -16.6. The molecule has 8 atom stereocenters. The minimum atomic E-state index is -5.61. The Labute approximate surface area is 422 Å². The smallest absolute Gasteiger partial charge is 0.386 e. The zero-order chi connectivity index (χ0) is 54.1. The molecule has 4 aromatic rings. The Hall–Kier alpha value is -4.07. The summed E-state index contributed by atoms with van der Waals surface area (Å²) < 4.78 is 91.4. The number of rotatable bonds is 28. The lowest BCUT2D eigenvalue weighted by Gasteiger charge is -2.30. The summed E-state index contributed by atoms with van der Waals surface area (Å²) in [6, 6.07) is 9.73. The van der Waals surface area contributed by atoms with Crippen molar-refractivity contribution in [2.45, 2.75) is 81.1 Å². The molecule has 2 amide bonds. The van der Waals surface area contributed by atoms with E-state index in [1.54, 1.807) is 24.3 Å². The number of hydrogen-bond acceptors (Lipinski definition) is 22. The molecule has 1 saturated heterocycles. The molecule has 73 heavy (non-hydrogen) atoms. The van der Waals surface area contributed by atoms with E-state index in [0.29, 0.717) is 24.6 Å². The van der Waals surface area contributed by atoms with Gasteiger partial charge >= 0.3 is 23.5 Å². The lowest BCUT2D eigenvalue weighted by Crippen LogP contribution is -2.46. The van der Waals surface area contributed by atoms with Gasteiger partial charge in [0.15, 0.2) is 17.7 Å². The van der Waals surface area contributed by atoms with Gasteiger partial charge in [-0.1, -0.05) is 56.3 Å². The van der Waals surface area contributed by atoms with E-state index >= 15 is 0 Å². The summed E-state index contributed by atoms with van der Waals surface area (Å²) >= 11 is 0.908.